The van der Waals surface area contributed by atoms with Crippen molar-refractivity contribution in [2.45, 2.75) is 31.2 Å². The molecule has 1 saturated carbocycles. The zero-order chi connectivity index (χ0) is 13.4. The van der Waals surface area contributed by atoms with Gasteiger partial charge in [0.2, 0.25) is 0 Å². The molecule has 0 aromatic carbocycles. The molecule has 2 aromatic rings. The summed E-state index contributed by atoms with van der Waals surface area (Å²) in [4.78, 5) is 18.9. The standard InChI is InChI=1S/C15H12ClN3O/c16-11-4-8-6(5-17-11)1-2-7-12-14(18-13(7)8)9-3-10(9)15(12)19-20/h4-5,9-10,15,18H,1-3H2. The van der Waals surface area contributed by atoms with E-state index in [4.69, 9.17) is 11.6 Å². The van der Waals surface area contributed by atoms with Crippen molar-refractivity contribution in [2.24, 2.45) is 11.1 Å². The van der Waals surface area contributed by atoms with Crippen molar-refractivity contribution < 1.29 is 0 Å². The maximum Gasteiger partial charge on any atom is 0.129 e. The van der Waals surface area contributed by atoms with Crippen LogP contribution in [0.3, 0.4) is 0 Å². The Hall–Kier alpha value is -1.68. The summed E-state index contributed by atoms with van der Waals surface area (Å²) in [5.74, 6) is 0.987. The molecular weight excluding hydrogens is 274 g/mol. The topological polar surface area (TPSA) is 58.1 Å². The third-order valence-corrected chi connectivity index (χ3v) is 5.28. The second-order valence-electron chi connectivity index (χ2n) is 6.03. The van der Waals surface area contributed by atoms with Crippen molar-refractivity contribution in [2.75, 3.05) is 0 Å². The average Bonchev–Trinajstić information content (AvgIpc) is 3.04. The Bertz CT molecular complexity index is 767. The minimum absolute atomic E-state index is 0.131. The first-order chi connectivity index (χ1) is 9.78. The van der Waals surface area contributed by atoms with E-state index < -0.39 is 0 Å². The van der Waals surface area contributed by atoms with Gasteiger partial charge < -0.3 is 4.98 Å². The van der Waals surface area contributed by atoms with Crippen molar-refractivity contribution in [3.63, 3.8) is 0 Å². The highest BCUT2D eigenvalue weighted by molar-refractivity contribution is 6.29. The lowest BCUT2D eigenvalue weighted by molar-refractivity contribution is 0.644. The number of aromatic nitrogens is 2. The number of nitrogens with zero attached hydrogens (tertiary/aromatic N) is 2. The van der Waals surface area contributed by atoms with E-state index in [0.29, 0.717) is 17.0 Å². The molecule has 2 heterocycles. The first kappa shape index (κ1) is 11.0. The number of aryl methyl sites for hydroxylation is 1. The van der Waals surface area contributed by atoms with E-state index in [9.17, 15) is 4.91 Å². The predicted molar refractivity (Wildman–Crippen MR) is 75.8 cm³/mol. The molecule has 0 amide bonds. The average molecular weight is 286 g/mol. The smallest absolute Gasteiger partial charge is 0.129 e. The van der Waals surface area contributed by atoms with Crippen LogP contribution in [-0.4, -0.2) is 9.97 Å². The molecule has 4 nitrogen and oxygen atoms in total. The first-order valence-electron chi connectivity index (χ1n) is 7.00. The number of H-pyrrole nitrogens is 1. The molecular formula is C15H12ClN3O. The number of fused-ring (bicyclic) bond motifs is 7. The molecule has 0 spiro atoms. The number of hydrogen-bond acceptors (Lipinski definition) is 3. The van der Waals surface area contributed by atoms with Crippen LogP contribution < -0.4 is 0 Å². The molecule has 5 rings (SSSR count). The lowest BCUT2D eigenvalue weighted by Crippen LogP contribution is -2.06. The van der Waals surface area contributed by atoms with Gasteiger partial charge in [-0.15, -0.1) is 0 Å². The summed E-state index contributed by atoms with van der Waals surface area (Å²) in [6.07, 6.45) is 4.88. The molecule has 0 radical (unpaired) electrons. The summed E-state index contributed by atoms with van der Waals surface area (Å²) >= 11 is 6.04. The third kappa shape index (κ3) is 1.21. The largest absolute Gasteiger partial charge is 0.358 e. The number of halogens is 1. The molecule has 1 N–H and O–H groups in total. The minimum atomic E-state index is -0.131. The lowest BCUT2D eigenvalue weighted by Gasteiger charge is -2.18. The number of pyridine rings is 1. The van der Waals surface area contributed by atoms with E-state index in [-0.39, 0.29) is 6.04 Å². The van der Waals surface area contributed by atoms with Crippen LogP contribution in [0.1, 0.15) is 40.8 Å². The molecule has 5 heteroatoms. The molecule has 3 aliphatic rings. The van der Waals surface area contributed by atoms with Gasteiger partial charge in [-0.1, -0.05) is 16.8 Å². The van der Waals surface area contributed by atoms with Gasteiger partial charge in [-0.25, -0.2) is 4.98 Å². The normalized spacial score (nSPS) is 28.4. The highest BCUT2D eigenvalue weighted by atomic mass is 35.5. The summed E-state index contributed by atoms with van der Waals surface area (Å²) in [5.41, 5.74) is 7.23. The Morgan fingerprint density at radius 2 is 2.30 bits per heavy atom. The number of rotatable bonds is 1. The van der Waals surface area contributed by atoms with Gasteiger partial charge in [0.1, 0.15) is 11.2 Å². The van der Waals surface area contributed by atoms with Crippen LogP contribution in [0.2, 0.25) is 5.15 Å². The summed E-state index contributed by atoms with van der Waals surface area (Å²) in [5, 5.41) is 3.91. The Kier molecular flexibility index (Phi) is 1.93. The molecule has 1 fully saturated rings. The van der Waals surface area contributed by atoms with Gasteiger partial charge in [0.05, 0.1) is 0 Å². The molecule has 3 unspecified atom stereocenters. The number of aromatic amines is 1. The van der Waals surface area contributed by atoms with Crippen LogP contribution in [0.4, 0.5) is 0 Å². The Morgan fingerprint density at radius 3 is 3.15 bits per heavy atom. The van der Waals surface area contributed by atoms with E-state index in [0.717, 1.165) is 30.5 Å². The highest BCUT2D eigenvalue weighted by Gasteiger charge is 2.55. The summed E-state index contributed by atoms with van der Waals surface area (Å²) < 4.78 is 0. The minimum Gasteiger partial charge on any atom is -0.358 e. The monoisotopic (exact) mass is 285 g/mol. The fraction of sp³-hybridized carbons (Fsp3) is 0.400. The number of hydrogen-bond donors (Lipinski definition) is 1. The van der Waals surface area contributed by atoms with Crippen molar-refractivity contribution in [1.82, 2.24) is 9.97 Å². The Morgan fingerprint density at radius 1 is 1.40 bits per heavy atom. The highest BCUT2D eigenvalue weighted by Crippen LogP contribution is 2.64. The zero-order valence-corrected chi connectivity index (χ0v) is 11.4. The number of nitroso groups, excluding NO2 is 1. The molecule has 0 saturated heterocycles. The Labute approximate surface area is 120 Å². The van der Waals surface area contributed by atoms with Crippen molar-refractivity contribution in [1.29, 1.82) is 0 Å². The molecule has 3 atom stereocenters. The van der Waals surface area contributed by atoms with Crippen LogP contribution in [0.5, 0.6) is 0 Å². The van der Waals surface area contributed by atoms with Crippen LogP contribution in [0, 0.1) is 10.8 Å². The fourth-order valence-corrected chi connectivity index (χ4v) is 4.24. The lowest BCUT2D eigenvalue weighted by atomic mass is 9.88. The maximum absolute atomic E-state index is 11.2. The molecule has 2 aromatic heterocycles. The Balaban J connectivity index is 1.77. The molecule has 100 valence electrons. The number of nitrogens with one attached hydrogen (secondary N) is 1. The molecule has 20 heavy (non-hydrogen) atoms. The second kappa shape index (κ2) is 3.50. The SMILES string of the molecule is O=NC1c2c([nH]c3c2CCc2cnc(Cl)cc2-3)C2CC21. The van der Waals surface area contributed by atoms with Crippen LogP contribution in [0.25, 0.3) is 11.3 Å². The van der Waals surface area contributed by atoms with E-state index in [1.807, 2.05) is 12.3 Å². The molecule has 0 aliphatic heterocycles. The van der Waals surface area contributed by atoms with Gasteiger partial charge in [0, 0.05) is 34.6 Å². The van der Waals surface area contributed by atoms with Gasteiger partial charge in [-0.3, -0.25) is 0 Å². The zero-order valence-electron chi connectivity index (χ0n) is 10.7. The van der Waals surface area contributed by atoms with E-state index in [1.165, 1.54) is 22.4 Å². The van der Waals surface area contributed by atoms with Crippen molar-refractivity contribution in [3.8, 4) is 11.3 Å². The fourth-order valence-electron chi connectivity index (χ4n) is 4.08. The van der Waals surface area contributed by atoms with Gasteiger partial charge in [0.15, 0.2) is 0 Å². The van der Waals surface area contributed by atoms with E-state index in [2.05, 4.69) is 15.1 Å². The molecule has 3 aliphatic carbocycles. The van der Waals surface area contributed by atoms with Crippen molar-refractivity contribution >= 4 is 11.6 Å². The first-order valence-corrected chi connectivity index (χ1v) is 7.37. The van der Waals surface area contributed by atoms with E-state index in [1.54, 1.807) is 0 Å². The van der Waals surface area contributed by atoms with Crippen LogP contribution in [-0.2, 0) is 12.8 Å². The van der Waals surface area contributed by atoms with E-state index >= 15 is 0 Å². The quantitative estimate of drug-likeness (QED) is 0.641. The van der Waals surface area contributed by atoms with Gasteiger partial charge in [0.25, 0.3) is 0 Å². The van der Waals surface area contributed by atoms with Gasteiger partial charge >= 0.3 is 0 Å². The third-order valence-electron chi connectivity index (χ3n) is 5.07. The van der Waals surface area contributed by atoms with Gasteiger partial charge in [-0.05, 0) is 42.4 Å². The second-order valence-corrected chi connectivity index (χ2v) is 6.41. The van der Waals surface area contributed by atoms with Crippen LogP contribution >= 0.6 is 11.6 Å². The molecule has 0 bridgehead atoms. The van der Waals surface area contributed by atoms with Gasteiger partial charge in [-0.2, -0.15) is 4.91 Å². The van der Waals surface area contributed by atoms with Crippen molar-refractivity contribution in [3.05, 3.63) is 44.7 Å². The summed E-state index contributed by atoms with van der Waals surface area (Å²) in [6, 6.07) is 1.79. The summed E-state index contributed by atoms with van der Waals surface area (Å²) in [7, 11) is 0. The predicted octanol–water partition coefficient (Wildman–Crippen LogP) is 3.75. The summed E-state index contributed by atoms with van der Waals surface area (Å²) in [6.45, 7) is 0. The van der Waals surface area contributed by atoms with Crippen LogP contribution in [0.15, 0.2) is 17.4 Å². The maximum atomic E-state index is 11.2.